The quantitative estimate of drug-likeness (QED) is 0.683. The highest BCUT2D eigenvalue weighted by Crippen LogP contribution is 2.40. The molecule has 1 aliphatic rings. The maximum Gasteiger partial charge on any atom is 0.139 e. The van der Waals surface area contributed by atoms with Crippen molar-refractivity contribution in [3.8, 4) is 0 Å². The number of thioether (sulfide) groups is 1. The van der Waals surface area contributed by atoms with Crippen LogP contribution in [0.1, 0.15) is 12.8 Å². The number of hydrogen-bond acceptors (Lipinski definition) is 1. The van der Waals surface area contributed by atoms with Crippen LogP contribution >= 0.6 is 11.8 Å². The van der Waals surface area contributed by atoms with Crippen LogP contribution in [-0.2, 0) is 0 Å². The molecule has 2 rings (SSSR count). The zero-order chi connectivity index (χ0) is 8.55. The fraction of sp³-hybridized carbons (Fsp3) is 0.333. The fourth-order valence-corrected chi connectivity index (χ4v) is 2.01. The summed E-state index contributed by atoms with van der Waals surface area (Å²) in [5.74, 6) is -0.876. The number of halogens is 2. The van der Waals surface area contributed by atoms with Gasteiger partial charge in [0, 0.05) is 5.25 Å². The van der Waals surface area contributed by atoms with Gasteiger partial charge in [-0.3, -0.25) is 0 Å². The molecule has 0 amide bonds. The molecular formula is C9H8F2S. The lowest BCUT2D eigenvalue weighted by Crippen LogP contribution is -1.87. The fourth-order valence-electron chi connectivity index (χ4n) is 0.948. The average Bonchev–Trinajstić information content (AvgIpc) is 2.80. The number of benzene rings is 1. The molecule has 0 heterocycles. The molecule has 1 aliphatic carbocycles. The van der Waals surface area contributed by atoms with Crippen molar-refractivity contribution in [1.29, 1.82) is 0 Å². The highest BCUT2D eigenvalue weighted by Gasteiger charge is 2.25. The van der Waals surface area contributed by atoms with E-state index in [1.54, 1.807) is 0 Å². The smallest absolute Gasteiger partial charge is 0.139 e. The maximum atomic E-state index is 13.0. The molecule has 0 bridgehead atoms. The molecule has 3 heteroatoms. The summed E-state index contributed by atoms with van der Waals surface area (Å²) in [7, 11) is 0. The third-order valence-electron chi connectivity index (χ3n) is 1.73. The number of hydrogen-bond donors (Lipinski definition) is 0. The van der Waals surface area contributed by atoms with Gasteiger partial charge in [0.15, 0.2) is 0 Å². The first-order chi connectivity index (χ1) is 5.77. The minimum atomic E-state index is -0.438. The van der Waals surface area contributed by atoms with E-state index in [0.717, 1.165) is 12.8 Å². The molecule has 0 aliphatic heterocycles. The highest BCUT2D eigenvalue weighted by atomic mass is 32.2. The Bertz CT molecular complexity index is 274. The van der Waals surface area contributed by atoms with E-state index in [2.05, 4.69) is 0 Å². The zero-order valence-electron chi connectivity index (χ0n) is 6.39. The Morgan fingerprint density at radius 1 is 1.17 bits per heavy atom. The summed E-state index contributed by atoms with van der Waals surface area (Å²) in [6.45, 7) is 0. The van der Waals surface area contributed by atoms with Crippen LogP contribution in [0.15, 0.2) is 23.1 Å². The maximum absolute atomic E-state index is 13.0. The predicted octanol–water partition coefficient (Wildman–Crippen LogP) is 3.22. The van der Waals surface area contributed by atoms with Crippen LogP contribution in [0.25, 0.3) is 0 Å². The van der Waals surface area contributed by atoms with Gasteiger partial charge in [-0.15, -0.1) is 11.8 Å². The van der Waals surface area contributed by atoms with E-state index in [1.807, 2.05) is 0 Å². The molecule has 1 aromatic carbocycles. The molecule has 1 saturated carbocycles. The summed E-state index contributed by atoms with van der Waals surface area (Å²) >= 11 is 1.31. The molecule has 12 heavy (non-hydrogen) atoms. The van der Waals surface area contributed by atoms with E-state index in [9.17, 15) is 8.78 Å². The monoisotopic (exact) mass is 186 g/mol. The molecule has 0 unspecified atom stereocenters. The molecule has 0 aromatic heterocycles. The Morgan fingerprint density at radius 2 is 1.75 bits per heavy atom. The second-order valence-electron chi connectivity index (χ2n) is 2.87. The van der Waals surface area contributed by atoms with E-state index in [0.29, 0.717) is 5.25 Å². The van der Waals surface area contributed by atoms with E-state index in [4.69, 9.17) is 0 Å². The van der Waals surface area contributed by atoms with Crippen LogP contribution in [-0.4, -0.2) is 5.25 Å². The first-order valence-electron chi connectivity index (χ1n) is 3.88. The summed E-state index contributed by atoms with van der Waals surface area (Å²) in [6, 6.07) is 3.99. The highest BCUT2D eigenvalue weighted by molar-refractivity contribution is 8.00. The molecule has 0 radical (unpaired) electrons. The van der Waals surface area contributed by atoms with Crippen LogP contribution in [0.4, 0.5) is 8.78 Å². The van der Waals surface area contributed by atoms with Crippen LogP contribution in [0.2, 0.25) is 0 Å². The van der Waals surface area contributed by atoms with Gasteiger partial charge in [-0.2, -0.15) is 0 Å². The lowest BCUT2D eigenvalue weighted by Gasteiger charge is -2.01. The Kier molecular flexibility index (Phi) is 2.05. The molecular weight excluding hydrogens is 178 g/mol. The summed E-state index contributed by atoms with van der Waals surface area (Å²) in [6.07, 6.45) is 2.16. The van der Waals surface area contributed by atoms with Crippen molar-refractivity contribution in [2.45, 2.75) is 23.0 Å². The Balaban J connectivity index is 2.26. The molecule has 1 aromatic rings. The minimum Gasteiger partial charge on any atom is -0.206 e. The van der Waals surface area contributed by atoms with Gasteiger partial charge in [0.1, 0.15) is 11.6 Å². The largest absolute Gasteiger partial charge is 0.206 e. The van der Waals surface area contributed by atoms with Gasteiger partial charge in [-0.05, 0) is 25.0 Å². The first kappa shape index (κ1) is 8.05. The van der Waals surface area contributed by atoms with Crippen molar-refractivity contribution < 1.29 is 8.78 Å². The Hall–Kier alpha value is -0.570. The molecule has 0 N–H and O–H groups in total. The van der Waals surface area contributed by atoms with Crippen molar-refractivity contribution in [3.63, 3.8) is 0 Å². The molecule has 64 valence electrons. The summed E-state index contributed by atoms with van der Waals surface area (Å²) < 4.78 is 26.0. The number of rotatable bonds is 2. The van der Waals surface area contributed by atoms with Gasteiger partial charge in [0.25, 0.3) is 0 Å². The average molecular weight is 186 g/mol. The van der Waals surface area contributed by atoms with E-state index in [-0.39, 0.29) is 4.90 Å². The summed E-state index contributed by atoms with van der Waals surface area (Å²) in [5, 5.41) is 0.441. The van der Waals surface area contributed by atoms with Crippen molar-refractivity contribution in [2.75, 3.05) is 0 Å². The van der Waals surface area contributed by atoms with Crippen molar-refractivity contribution in [2.24, 2.45) is 0 Å². The van der Waals surface area contributed by atoms with E-state index in [1.165, 1.54) is 30.0 Å². The van der Waals surface area contributed by atoms with Crippen LogP contribution in [0, 0.1) is 11.6 Å². The summed E-state index contributed by atoms with van der Waals surface area (Å²) in [5.41, 5.74) is 0. The van der Waals surface area contributed by atoms with Crippen LogP contribution in [0.5, 0.6) is 0 Å². The second-order valence-corrected chi connectivity index (χ2v) is 4.18. The lowest BCUT2D eigenvalue weighted by atomic mass is 10.3. The van der Waals surface area contributed by atoms with Gasteiger partial charge < -0.3 is 0 Å². The zero-order valence-corrected chi connectivity index (χ0v) is 7.20. The summed E-state index contributed by atoms with van der Waals surface area (Å²) in [4.78, 5) is 0.181. The minimum absolute atomic E-state index is 0.181. The standard InChI is InChI=1S/C9H8F2S/c10-7-2-1-3-8(11)9(7)12-6-4-5-6/h1-3,6H,4-5H2. The van der Waals surface area contributed by atoms with Crippen molar-refractivity contribution >= 4 is 11.8 Å². The van der Waals surface area contributed by atoms with Gasteiger partial charge in [0.2, 0.25) is 0 Å². The molecule has 0 saturated heterocycles. The van der Waals surface area contributed by atoms with Crippen molar-refractivity contribution in [1.82, 2.24) is 0 Å². The van der Waals surface area contributed by atoms with Crippen LogP contribution < -0.4 is 0 Å². The van der Waals surface area contributed by atoms with Gasteiger partial charge in [-0.25, -0.2) is 8.78 Å². The third-order valence-corrected chi connectivity index (χ3v) is 3.16. The molecule has 0 nitrogen and oxygen atoms in total. The first-order valence-corrected chi connectivity index (χ1v) is 4.76. The molecule has 0 atom stereocenters. The SMILES string of the molecule is Fc1cccc(F)c1SC1CC1. The molecule has 1 fully saturated rings. The normalized spacial score (nSPS) is 16.5. The van der Waals surface area contributed by atoms with Gasteiger partial charge in [0.05, 0.1) is 4.90 Å². The predicted molar refractivity (Wildman–Crippen MR) is 45.2 cm³/mol. The van der Waals surface area contributed by atoms with Crippen LogP contribution in [0.3, 0.4) is 0 Å². The molecule has 0 spiro atoms. The van der Waals surface area contributed by atoms with E-state index < -0.39 is 11.6 Å². The topological polar surface area (TPSA) is 0 Å². The second kappa shape index (κ2) is 3.05. The Morgan fingerprint density at radius 3 is 2.25 bits per heavy atom. The Labute approximate surface area is 74.0 Å². The van der Waals surface area contributed by atoms with Gasteiger partial charge >= 0.3 is 0 Å². The van der Waals surface area contributed by atoms with E-state index >= 15 is 0 Å². The third kappa shape index (κ3) is 1.61. The van der Waals surface area contributed by atoms with Crippen molar-refractivity contribution in [3.05, 3.63) is 29.8 Å². The lowest BCUT2D eigenvalue weighted by molar-refractivity contribution is 0.540. The van der Waals surface area contributed by atoms with Gasteiger partial charge in [-0.1, -0.05) is 6.07 Å².